The molecule has 2 amide bonds. The summed E-state index contributed by atoms with van der Waals surface area (Å²) in [5.74, 6) is 0. The topological polar surface area (TPSA) is 84.3 Å². The van der Waals surface area contributed by atoms with E-state index in [4.69, 9.17) is 11.6 Å². The number of nitro groups is 1. The number of halogens is 1. The van der Waals surface area contributed by atoms with Crippen LogP contribution >= 0.6 is 11.6 Å². The van der Waals surface area contributed by atoms with Crippen LogP contribution in [0.4, 0.5) is 4.79 Å². The van der Waals surface area contributed by atoms with Crippen molar-refractivity contribution in [3.8, 4) is 0 Å². The summed E-state index contributed by atoms with van der Waals surface area (Å²) in [6.45, 7) is 0. The summed E-state index contributed by atoms with van der Waals surface area (Å²) >= 11 is 5.97. The molecule has 23 heavy (non-hydrogen) atoms. The van der Waals surface area contributed by atoms with Gasteiger partial charge in [-0.05, 0) is 17.7 Å². The van der Waals surface area contributed by atoms with Gasteiger partial charge in [-0.2, -0.15) is 0 Å². The number of benzene rings is 2. The van der Waals surface area contributed by atoms with Crippen LogP contribution in [0.1, 0.15) is 17.2 Å². The van der Waals surface area contributed by atoms with Crippen molar-refractivity contribution in [2.75, 3.05) is 0 Å². The number of hydrogen-bond donors (Lipinski definition) is 2. The zero-order valence-corrected chi connectivity index (χ0v) is 12.6. The maximum Gasteiger partial charge on any atom is 0.320 e. The third kappa shape index (κ3) is 3.02. The van der Waals surface area contributed by atoms with E-state index in [2.05, 4.69) is 10.6 Å². The van der Waals surface area contributed by atoms with E-state index in [1.165, 1.54) is 0 Å². The highest BCUT2D eigenvalue weighted by Gasteiger charge is 2.37. The van der Waals surface area contributed by atoms with Crippen LogP contribution in [0, 0.1) is 10.1 Å². The van der Waals surface area contributed by atoms with E-state index in [0.29, 0.717) is 16.1 Å². The Hall–Kier alpha value is -2.86. The second-order valence-electron chi connectivity index (χ2n) is 4.97. The van der Waals surface area contributed by atoms with Crippen molar-refractivity contribution in [2.45, 2.75) is 6.04 Å². The van der Waals surface area contributed by atoms with Crippen LogP contribution in [0.15, 0.2) is 60.3 Å². The fourth-order valence-electron chi connectivity index (χ4n) is 2.51. The number of carbonyl (C=O) groups is 1. The minimum atomic E-state index is -0.882. The summed E-state index contributed by atoms with van der Waals surface area (Å²) in [7, 11) is 0. The van der Waals surface area contributed by atoms with Crippen molar-refractivity contribution in [1.82, 2.24) is 10.6 Å². The molecule has 1 heterocycles. The van der Waals surface area contributed by atoms with Crippen molar-refractivity contribution >= 4 is 23.3 Å². The van der Waals surface area contributed by atoms with E-state index in [-0.39, 0.29) is 11.4 Å². The summed E-state index contributed by atoms with van der Waals surface area (Å²) in [4.78, 5) is 23.1. The van der Waals surface area contributed by atoms with Crippen molar-refractivity contribution in [1.29, 1.82) is 0 Å². The second-order valence-corrected chi connectivity index (χ2v) is 5.41. The highest BCUT2D eigenvalue weighted by Crippen LogP contribution is 2.32. The average molecular weight is 330 g/mol. The van der Waals surface area contributed by atoms with Crippen LogP contribution in [-0.2, 0) is 0 Å². The molecule has 0 spiro atoms. The van der Waals surface area contributed by atoms with Crippen molar-refractivity contribution < 1.29 is 9.72 Å². The first kappa shape index (κ1) is 15.1. The third-order valence-corrected chi connectivity index (χ3v) is 3.72. The molecule has 0 fully saturated rings. The monoisotopic (exact) mass is 329 g/mol. The smallest absolute Gasteiger partial charge is 0.320 e. The van der Waals surface area contributed by atoms with Crippen molar-refractivity contribution in [2.24, 2.45) is 0 Å². The van der Waals surface area contributed by atoms with E-state index in [9.17, 15) is 14.9 Å². The molecule has 0 saturated carbocycles. The number of nitrogens with one attached hydrogen (secondary N) is 2. The predicted molar refractivity (Wildman–Crippen MR) is 86.2 cm³/mol. The predicted octanol–water partition coefficient (Wildman–Crippen LogP) is 3.34. The van der Waals surface area contributed by atoms with Gasteiger partial charge in [-0.3, -0.25) is 10.1 Å². The molecule has 0 unspecified atom stereocenters. The summed E-state index contributed by atoms with van der Waals surface area (Å²) < 4.78 is 0. The number of rotatable bonds is 3. The molecule has 2 aromatic carbocycles. The van der Waals surface area contributed by atoms with Gasteiger partial charge in [0, 0.05) is 10.6 Å². The standard InChI is InChI=1S/C16H12ClN3O3/c17-12-8-4-7-11(9-12)14-15(20(22)23)13(18-16(21)19-14)10-5-2-1-3-6-10/h1-9,14H,(H2,18,19,21)/t14-/m1/s1. The zero-order valence-electron chi connectivity index (χ0n) is 11.8. The lowest BCUT2D eigenvalue weighted by Gasteiger charge is -2.25. The first-order valence-electron chi connectivity index (χ1n) is 6.83. The van der Waals surface area contributed by atoms with Crippen LogP contribution < -0.4 is 10.6 Å². The molecule has 0 aromatic heterocycles. The van der Waals surface area contributed by atoms with Crippen molar-refractivity contribution in [3.05, 3.63) is 86.6 Å². The van der Waals surface area contributed by atoms with Gasteiger partial charge in [0.15, 0.2) is 0 Å². The van der Waals surface area contributed by atoms with Crippen LogP contribution in [0.25, 0.3) is 5.70 Å². The van der Waals surface area contributed by atoms with Crippen LogP contribution in [0.3, 0.4) is 0 Å². The molecular weight excluding hydrogens is 318 g/mol. The highest BCUT2D eigenvalue weighted by atomic mass is 35.5. The molecule has 3 rings (SSSR count). The molecule has 0 bridgehead atoms. The molecule has 7 heteroatoms. The first-order chi connectivity index (χ1) is 11.1. The van der Waals surface area contributed by atoms with Gasteiger partial charge in [-0.25, -0.2) is 4.79 Å². The largest absolute Gasteiger partial charge is 0.321 e. The molecule has 0 saturated heterocycles. The average Bonchev–Trinajstić information content (AvgIpc) is 2.54. The molecule has 6 nitrogen and oxygen atoms in total. The van der Waals surface area contributed by atoms with Gasteiger partial charge >= 0.3 is 6.03 Å². The molecule has 116 valence electrons. The SMILES string of the molecule is O=C1NC(c2ccccc2)=C([N+](=O)[O-])[C@@H](c2cccc(Cl)c2)N1. The lowest BCUT2D eigenvalue weighted by atomic mass is 9.98. The van der Waals surface area contributed by atoms with Crippen molar-refractivity contribution in [3.63, 3.8) is 0 Å². The number of nitrogens with zero attached hydrogens (tertiary/aromatic N) is 1. The molecule has 0 aliphatic carbocycles. The maximum absolute atomic E-state index is 12.0. The Morgan fingerprint density at radius 2 is 1.83 bits per heavy atom. The van der Waals surface area contributed by atoms with Crippen LogP contribution in [-0.4, -0.2) is 11.0 Å². The zero-order chi connectivity index (χ0) is 16.4. The minimum absolute atomic E-state index is 0.127. The van der Waals surface area contributed by atoms with E-state index in [1.54, 1.807) is 54.6 Å². The Bertz CT molecular complexity index is 805. The van der Waals surface area contributed by atoms with Gasteiger partial charge in [0.05, 0.1) is 4.92 Å². The number of amides is 2. The number of urea groups is 1. The summed E-state index contributed by atoms with van der Waals surface area (Å²) in [5, 5.41) is 17.2. The highest BCUT2D eigenvalue weighted by molar-refractivity contribution is 6.30. The Labute approximate surface area is 136 Å². The first-order valence-corrected chi connectivity index (χ1v) is 7.21. The molecule has 2 N–H and O–H groups in total. The molecule has 1 aliphatic rings. The lowest BCUT2D eigenvalue weighted by Crippen LogP contribution is -2.45. The maximum atomic E-state index is 12.0. The van der Waals surface area contributed by atoms with Crippen LogP contribution in [0.5, 0.6) is 0 Å². The second kappa shape index (κ2) is 6.10. The van der Waals surface area contributed by atoms with Gasteiger partial charge in [0.1, 0.15) is 11.7 Å². The Morgan fingerprint density at radius 1 is 1.09 bits per heavy atom. The van der Waals surface area contributed by atoms with Gasteiger partial charge < -0.3 is 10.6 Å². The molecule has 1 aliphatic heterocycles. The summed E-state index contributed by atoms with van der Waals surface area (Å²) in [6.07, 6.45) is 0. The number of carbonyl (C=O) groups excluding carboxylic acids is 1. The van der Waals surface area contributed by atoms with Gasteiger partial charge in [0.2, 0.25) is 0 Å². The fourth-order valence-corrected chi connectivity index (χ4v) is 2.71. The van der Waals surface area contributed by atoms with E-state index in [1.807, 2.05) is 0 Å². The van der Waals surface area contributed by atoms with E-state index >= 15 is 0 Å². The Kier molecular flexibility index (Phi) is 3.99. The molecule has 1 atom stereocenters. The lowest BCUT2D eigenvalue weighted by molar-refractivity contribution is -0.430. The summed E-state index contributed by atoms with van der Waals surface area (Å²) in [6, 6.07) is 14.0. The number of hydrogen-bond acceptors (Lipinski definition) is 3. The minimum Gasteiger partial charge on any atom is -0.321 e. The normalized spacial score (nSPS) is 17.4. The molecule has 0 radical (unpaired) electrons. The van der Waals surface area contributed by atoms with Gasteiger partial charge in [-0.15, -0.1) is 0 Å². The Morgan fingerprint density at radius 3 is 2.48 bits per heavy atom. The fraction of sp³-hybridized carbons (Fsp3) is 0.0625. The quantitative estimate of drug-likeness (QED) is 0.669. The van der Waals surface area contributed by atoms with Crippen LogP contribution in [0.2, 0.25) is 5.02 Å². The van der Waals surface area contributed by atoms with E-state index < -0.39 is 17.0 Å². The van der Waals surface area contributed by atoms with Gasteiger partial charge in [0.25, 0.3) is 5.70 Å². The third-order valence-electron chi connectivity index (χ3n) is 3.48. The molecular formula is C16H12ClN3O3. The Balaban J connectivity index is 2.18. The van der Waals surface area contributed by atoms with Gasteiger partial charge in [-0.1, -0.05) is 54.1 Å². The summed E-state index contributed by atoms with van der Waals surface area (Å²) in [5.41, 5.74) is 1.18. The van der Waals surface area contributed by atoms with E-state index in [0.717, 1.165) is 0 Å². The molecule has 2 aromatic rings.